The van der Waals surface area contributed by atoms with Gasteiger partial charge >= 0.3 is 19.5 Å². The Bertz CT molecular complexity index is 441. The molecule has 0 saturated heterocycles. The quantitative estimate of drug-likeness (QED) is 0.298. The van der Waals surface area contributed by atoms with Crippen molar-refractivity contribution in [2.75, 3.05) is 26.0 Å². The predicted molar refractivity (Wildman–Crippen MR) is 72.2 cm³/mol. The van der Waals surface area contributed by atoms with Gasteiger partial charge in [-0.05, 0) is 13.8 Å². The Labute approximate surface area is 117 Å². The molecular weight excluding hydrogens is 287 g/mol. The van der Waals surface area contributed by atoms with Crippen LogP contribution in [-0.2, 0) is 28.2 Å². The lowest BCUT2D eigenvalue weighted by Crippen LogP contribution is -2.13. The Hall–Kier alpha value is -1.43. The average molecular weight is 306 g/mol. The fourth-order valence-corrected chi connectivity index (χ4v) is 1.69. The topological polar surface area (TPSA) is 99.1 Å². The van der Waals surface area contributed by atoms with Crippen LogP contribution in [0.15, 0.2) is 24.3 Å². The van der Waals surface area contributed by atoms with Crippen LogP contribution < -0.4 is 0 Å². The Morgan fingerprint density at radius 1 is 1.00 bits per heavy atom. The molecule has 0 aromatic rings. The van der Waals surface area contributed by atoms with E-state index in [2.05, 4.69) is 22.6 Å². The van der Waals surface area contributed by atoms with Crippen molar-refractivity contribution < 1.29 is 33.0 Å². The van der Waals surface area contributed by atoms with Crippen molar-refractivity contribution in [2.24, 2.45) is 0 Å². The molecule has 0 aliphatic rings. The van der Waals surface area contributed by atoms with Crippen LogP contribution in [-0.4, -0.2) is 42.8 Å². The lowest BCUT2D eigenvalue weighted by atomic mass is 10.4. The zero-order chi connectivity index (χ0) is 15.8. The number of hydrogen-bond donors (Lipinski definition) is 1. The van der Waals surface area contributed by atoms with Gasteiger partial charge in [-0.15, -0.1) is 0 Å². The molecule has 0 heterocycles. The van der Waals surface area contributed by atoms with Gasteiger partial charge < -0.3 is 18.9 Å². The van der Waals surface area contributed by atoms with Crippen LogP contribution in [0.2, 0.25) is 0 Å². The van der Waals surface area contributed by atoms with Gasteiger partial charge in [0.2, 0.25) is 0 Å². The van der Waals surface area contributed by atoms with Crippen LogP contribution in [0.1, 0.15) is 13.8 Å². The highest BCUT2D eigenvalue weighted by atomic mass is 31.2. The molecule has 20 heavy (non-hydrogen) atoms. The second kappa shape index (κ2) is 8.68. The summed E-state index contributed by atoms with van der Waals surface area (Å²) in [5.41, 5.74) is 0.425. The fraction of sp³-hybridized carbons (Fsp3) is 0.500. The number of carbonyl (C=O) groups excluding carboxylic acids is 2. The van der Waals surface area contributed by atoms with E-state index in [4.69, 9.17) is 4.52 Å². The monoisotopic (exact) mass is 306 g/mol. The molecule has 0 aliphatic heterocycles. The molecule has 0 saturated carbocycles. The first-order valence-electron chi connectivity index (χ1n) is 5.77. The highest BCUT2D eigenvalue weighted by molar-refractivity contribution is 7.52. The van der Waals surface area contributed by atoms with Gasteiger partial charge in [0.1, 0.15) is 13.2 Å². The number of ether oxygens (including phenoxy) is 2. The van der Waals surface area contributed by atoms with E-state index in [9.17, 15) is 19.0 Å². The number of carbonyl (C=O) groups is 2. The van der Waals surface area contributed by atoms with Crippen molar-refractivity contribution >= 4 is 19.5 Å². The van der Waals surface area contributed by atoms with Gasteiger partial charge in [0.05, 0.1) is 12.8 Å². The standard InChI is InChI=1S/C12H19O7P/c1-9(2)11(13)17-5-6-19-20(15,16)8-7-18-12(14)10(3)4/h1,3,5-8H2,2,4H3,(H,15,16). The first-order valence-corrected chi connectivity index (χ1v) is 7.53. The van der Waals surface area contributed by atoms with E-state index in [0.29, 0.717) is 0 Å². The first-order chi connectivity index (χ1) is 9.15. The molecule has 0 fully saturated rings. The van der Waals surface area contributed by atoms with E-state index in [0.717, 1.165) is 0 Å². The van der Waals surface area contributed by atoms with Gasteiger partial charge in [0.15, 0.2) is 0 Å². The largest absolute Gasteiger partial charge is 0.462 e. The molecule has 0 aromatic carbocycles. The number of esters is 2. The van der Waals surface area contributed by atoms with Crippen LogP contribution in [0.4, 0.5) is 0 Å². The number of hydrogen-bond acceptors (Lipinski definition) is 6. The zero-order valence-corrected chi connectivity index (χ0v) is 12.5. The predicted octanol–water partition coefficient (Wildman–Crippen LogP) is 1.43. The Kier molecular flexibility index (Phi) is 8.06. The molecule has 1 atom stereocenters. The maximum absolute atomic E-state index is 11.5. The number of rotatable bonds is 9. The van der Waals surface area contributed by atoms with E-state index in [-0.39, 0.29) is 37.1 Å². The third kappa shape index (κ3) is 8.63. The van der Waals surface area contributed by atoms with Crippen LogP contribution in [0.3, 0.4) is 0 Å². The van der Waals surface area contributed by atoms with E-state index in [1.807, 2.05) is 0 Å². The highest BCUT2D eigenvalue weighted by Crippen LogP contribution is 2.41. The molecule has 0 aliphatic carbocycles. The van der Waals surface area contributed by atoms with Gasteiger partial charge in [0, 0.05) is 11.1 Å². The van der Waals surface area contributed by atoms with Crippen molar-refractivity contribution in [1.29, 1.82) is 0 Å². The summed E-state index contributed by atoms with van der Waals surface area (Å²) >= 11 is 0. The van der Waals surface area contributed by atoms with Gasteiger partial charge in [-0.2, -0.15) is 0 Å². The molecule has 0 aromatic heterocycles. The SMILES string of the molecule is C=C(C)C(=O)OCCOP(=O)(O)CCOC(=O)C(=C)C. The highest BCUT2D eigenvalue weighted by Gasteiger charge is 2.20. The van der Waals surface area contributed by atoms with Crippen LogP contribution in [0.5, 0.6) is 0 Å². The smallest absolute Gasteiger partial charge is 0.333 e. The lowest BCUT2D eigenvalue weighted by Gasteiger charge is -2.12. The lowest BCUT2D eigenvalue weighted by molar-refractivity contribution is -0.140. The maximum atomic E-state index is 11.5. The minimum Gasteiger partial charge on any atom is -0.462 e. The molecule has 0 bridgehead atoms. The van der Waals surface area contributed by atoms with Crippen molar-refractivity contribution in [2.45, 2.75) is 13.8 Å². The molecule has 1 N–H and O–H groups in total. The van der Waals surface area contributed by atoms with E-state index >= 15 is 0 Å². The van der Waals surface area contributed by atoms with Gasteiger partial charge in [-0.1, -0.05) is 13.2 Å². The normalized spacial score (nSPS) is 13.2. The molecule has 1 unspecified atom stereocenters. The zero-order valence-electron chi connectivity index (χ0n) is 11.6. The summed E-state index contributed by atoms with van der Waals surface area (Å²) in [5, 5.41) is 0. The summed E-state index contributed by atoms with van der Waals surface area (Å²) in [6.45, 7) is 9.04. The molecule has 0 spiro atoms. The van der Waals surface area contributed by atoms with E-state index < -0.39 is 19.5 Å². The van der Waals surface area contributed by atoms with Gasteiger partial charge in [-0.3, -0.25) is 4.57 Å². The molecule has 0 amide bonds. The van der Waals surface area contributed by atoms with Crippen molar-refractivity contribution in [1.82, 2.24) is 0 Å². The summed E-state index contributed by atoms with van der Waals surface area (Å²) in [4.78, 5) is 31.4. The van der Waals surface area contributed by atoms with Gasteiger partial charge in [0.25, 0.3) is 0 Å². The van der Waals surface area contributed by atoms with Crippen molar-refractivity contribution in [3.8, 4) is 0 Å². The Balaban J connectivity index is 3.88. The molecule has 8 heteroatoms. The van der Waals surface area contributed by atoms with Crippen LogP contribution >= 0.6 is 7.60 Å². The molecular formula is C12H19O7P. The molecule has 7 nitrogen and oxygen atoms in total. The van der Waals surface area contributed by atoms with Crippen molar-refractivity contribution in [3.63, 3.8) is 0 Å². The molecule has 0 rings (SSSR count). The summed E-state index contributed by atoms with van der Waals surface area (Å²) < 4.78 is 25.5. The molecule has 114 valence electrons. The summed E-state index contributed by atoms with van der Waals surface area (Å²) in [5.74, 6) is -1.24. The second-order valence-corrected chi connectivity index (χ2v) is 6.01. The average Bonchev–Trinajstić information content (AvgIpc) is 2.33. The summed E-state index contributed by atoms with van der Waals surface area (Å²) in [6.07, 6.45) is -0.347. The Morgan fingerprint density at radius 2 is 1.45 bits per heavy atom. The third-order valence-electron chi connectivity index (χ3n) is 1.91. The Morgan fingerprint density at radius 3 is 1.90 bits per heavy atom. The van der Waals surface area contributed by atoms with E-state index in [1.165, 1.54) is 13.8 Å². The van der Waals surface area contributed by atoms with Crippen LogP contribution in [0.25, 0.3) is 0 Å². The summed E-state index contributed by atoms with van der Waals surface area (Å²) in [7, 11) is -3.88. The van der Waals surface area contributed by atoms with Crippen molar-refractivity contribution in [3.05, 3.63) is 24.3 Å². The second-order valence-electron chi connectivity index (χ2n) is 4.03. The maximum Gasteiger partial charge on any atom is 0.333 e. The minimum atomic E-state index is -3.88. The fourth-order valence-electron chi connectivity index (χ4n) is 0.879. The third-order valence-corrected chi connectivity index (χ3v) is 3.25. The molecule has 0 radical (unpaired) electrons. The first kappa shape index (κ1) is 18.6. The van der Waals surface area contributed by atoms with Gasteiger partial charge in [-0.25, -0.2) is 9.59 Å². The van der Waals surface area contributed by atoms with Crippen LogP contribution in [0, 0.1) is 0 Å². The van der Waals surface area contributed by atoms with E-state index in [1.54, 1.807) is 0 Å². The summed E-state index contributed by atoms with van der Waals surface area (Å²) in [6, 6.07) is 0. The minimum absolute atomic E-state index is 0.165.